The highest BCUT2D eigenvalue weighted by Crippen LogP contribution is 2.19. The third kappa shape index (κ3) is 3.82. The molecular weight excluding hydrogens is 208 g/mol. The molecular formula is C12H19ClN2. The largest absolute Gasteiger partial charge is 0.326 e. The summed E-state index contributed by atoms with van der Waals surface area (Å²) in [7, 11) is 0. The van der Waals surface area contributed by atoms with Crippen molar-refractivity contribution in [2.24, 2.45) is 17.4 Å². The predicted molar refractivity (Wildman–Crippen MR) is 65.8 cm³/mol. The fourth-order valence-corrected chi connectivity index (χ4v) is 1.75. The van der Waals surface area contributed by atoms with Crippen molar-refractivity contribution in [1.29, 1.82) is 0 Å². The van der Waals surface area contributed by atoms with E-state index >= 15 is 0 Å². The molecule has 0 fully saturated rings. The van der Waals surface area contributed by atoms with Crippen LogP contribution < -0.4 is 11.5 Å². The van der Waals surface area contributed by atoms with Gasteiger partial charge >= 0.3 is 0 Å². The molecule has 1 rings (SSSR count). The van der Waals surface area contributed by atoms with Gasteiger partial charge in [-0.1, -0.05) is 37.6 Å². The van der Waals surface area contributed by atoms with Crippen LogP contribution in [0, 0.1) is 5.92 Å². The second-order valence-corrected chi connectivity index (χ2v) is 4.81. The van der Waals surface area contributed by atoms with Crippen molar-refractivity contribution in [2.75, 3.05) is 0 Å². The standard InChI is InChI=1S/C12H19ClN2/c1-8(2)7-11(14)12(15)9-3-5-10(13)6-4-9/h3-6,8,11-12H,7,14-15H2,1-2H3/t11-,12+/m0/s1. The first kappa shape index (κ1) is 12.5. The fraction of sp³-hybridized carbons (Fsp3) is 0.500. The highest BCUT2D eigenvalue weighted by atomic mass is 35.5. The van der Waals surface area contributed by atoms with E-state index in [1.807, 2.05) is 24.3 Å². The van der Waals surface area contributed by atoms with Crippen molar-refractivity contribution in [3.63, 3.8) is 0 Å². The molecule has 1 aromatic carbocycles. The Morgan fingerprint density at radius 1 is 1.13 bits per heavy atom. The lowest BCUT2D eigenvalue weighted by atomic mass is 9.94. The third-order valence-corrected chi connectivity index (χ3v) is 2.71. The SMILES string of the molecule is CC(C)C[C@H](N)[C@H](N)c1ccc(Cl)cc1. The fourth-order valence-electron chi connectivity index (χ4n) is 1.62. The van der Waals surface area contributed by atoms with Gasteiger partial charge in [0, 0.05) is 17.1 Å². The lowest BCUT2D eigenvalue weighted by molar-refractivity contribution is 0.439. The number of hydrogen-bond donors (Lipinski definition) is 2. The summed E-state index contributed by atoms with van der Waals surface area (Å²) in [5.41, 5.74) is 13.1. The average Bonchev–Trinajstić information content (AvgIpc) is 2.17. The minimum Gasteiger partial charge on any atom is -0.326 e. The highest BCUT2D eigenvalue weighted by Gasteiger charge is 2.16. The summed E-state index contributed by atoms with van der Waals surface area (Å²) in [4.78, 5) is 0. The van der Waals surface area contributed by atoms with Crippen LogP contribution in [-0.4, -0.2) is 6.04 Å². The van der Waals surface area contributed by atoms with Gasteiger partial charge in [-0.05, 0) is 30.0 Å². The number of rotatable bonds is 4. The Kier molecular flexibility index (Phi) is 4.58. The maximum absolute atomic E-state index is 6.07. The first-order chi connectivity index (χ1) is 7.00. The molecule has 0 aliphatic heterocycles. The van der Waals surface area contributed by atoms with Gasteiger partial charge in [0.25, 0.3) is 0 Å². The molecule has 0 aliphatic carbocycles. The molecule has 0 radical (unpaired) electrons. The van der Waals surface area contributed by atoms with E-state index in [0.29, 0.717) is 5.92 Å². The van der Waals surface area contributed by atoms with Gasteiger partial charge in [0.2, 0.25) is 0 Å². The summed E-state index contributed by atoms with van der Waals surface area (Å²) in [5, 5.41) is 0.725. The average molecular weight is 227 g/mol. The van der Waals surface area contributed by atoms with Crippen LogP contribution in [0.4, 0.5) is 0 Å². The Bertz CT molecular complexity index is 295. The van der Waals surface area contributed by atoms with E-state index in [9.17, 15) is 0 Å². The van der Waals surface area contributed by atoms with E-state index < -0.39 is 0 Å². The van der Waals surface area contributed by atoms with Gasteiger partial charge < -0.3 is 11.5 Å². The molecule has 2 atom stereocenters. The monoisotopic (exact) mass is 226 g/mol. The first-order valence-corrected chi connectivity index (χ1v) is 5.65. The van der Waals surface area contributed by atoms with Crippen LogP contribution in [-0.2, 0) is 0 Å². The molecule has 0 saturated carbocycles. The van der Waals surface area contributed by atoms with E-state index in [1.54, 1.807) is 0 Å². The van der Waals surface area contributed by atoms with Crippen LogP contribution >= 0.6 is 11.6 Å². The van der Waals surface area contributed by atoms with Gasteiger partial charge in [-0.25, -0.2) is 0 Å². The third-order valence-electron chi connectivity index (χ3n) is 2.46. The lowest BCUT2D eigenvalue weighted by Gasteiger charge is -2.21. The van der Waals surface area contributed by atoms with E-state index in [1.165, 1.54) is 0 Å². The van der Waals surface area contributed by atoms with Gasteiger partial charge in [0.1, 0.15) is 0 Å². The summed E-state index contributed by atoms with van der Waals surface area (Å²) in [5.74, 6) is 0.568. The molecule has 84 valence electrons. The van der Waals surface area contributed by atoms with Gasteiger partial charge in [0.15, 0.2) is 0 Å². The molecule has 15 heavy (non-hydrogen) atoms. The summed E-state index contributed by atoms with van der Waals surface area (Å²) in [6.45, 7) is 4.29. The predicted octanol–water partition coefficient (Wildman–Crippen LogP) is 2.71. The van der Waals surface area contributed by atoms with E-state index in [2.05, 4.69) is 13.8 Å². The molecule has 4 N–H and O–H groups in total. The number of nitrogens with two attached hydrogens (primary N) is 2. The summed E-state index contributed by atoms with van der Waals surface area (Å²) in [6.07, 6.45) is 0.934. The van der Waals surface area contributed by atoms with Gasteiger partial charge in [0.05, 0.1) is 0 Å². The summed E-state index contributed by atoms with van der Waals surface area (Å²) in [6, 6.07) is 7.47. The molecule has 0 unspecified atom stereocenters. The Morgan fingerprint density at radius 3 is 2.13 bits per heavy atom. The van der Waals surface area contributed by atoms with E-state index in [-0.39, 0.29) is 12.1 Å². The normalized spacial score (nSPS) is 15.3. The molecule has 0 aromatic heterocycles. The summed E-state index contributed by atoms with van der Waals surface area (Å²) >= 11 is 5.81. The van der Waals surface area contributed by atoms with Crippen molar-refractivity contribution in [2.45, 2.75) is 32.4 Å². The lowest BCUT2D eigenvalue weighted by Crippen LogP contribution is -2.35. The van der Waals surface area contributed by atoms with Crippen molar-refractivity contribution >= 4 is 11.6 Å². The van der Waals surface area contributed by atoms with E-state index in [0.717, 1.165) is 17.0 Å². The van der Waals surface area contributed by atoms with Crippen LogP contribution in [0.1, 0.15) is 31.9 Å². The first-order valence-electron chi connectivity index (χ1n) is 5.27. The Balaban J connectivity index is 2.67. The smallest absolute Gasteiger partial charge is 0.0448 e. The van der Waals surface area contributed by atoms with Gasteiger partial charge in [-0.15, -0.1) is 0 Å². The molecule has 1 aromatic rings. The Morgan fingerprint density at radius 2 is 1.67 bits per heavy atom. The molecule has 0 heterocycles. The molecule has 0 amide bonds. The van der Waals surface area contributed by atoms with Crippen LogP contribution in [0.5, 0.6) is 0 Å². The minimum atomic E-state index is -0.107. The topological polar surface area (TPSA) is 52.0 Å². The number of hydrogen-bond acceptors (Lipinski definition) is 2. The minimum absolute atomic E-state index is 0.00572. The Hall–Kier alpha value is -0.570. The van der Waals surface area contributed by atoms with Crippen LogP contribution in [0.2, 0.25) is 5.02 Å². The maximum Gasteiger partial charge on any atom is 0.0448 e. The molecule has 3 heteroatoms. The van der Waals surface area contributed by atoms with Crippen molar-refractivity contribution in [1.82, 2.24) is 0 Å². The Labute approximate surface area is 96.6 Å². The van der Waals surface area contributed by atoms with Gasteiger partial charge in [-0.3, -0.25) is 0 Å². The molecule has 0 bridgehead atoms. The maximum atomic E-state index is 6.07. The summed E-state index contributed by atoms with van der Waals surface area (Å²) < 4.78 is 0. The van der Waals surface area contributed by atoms with Crippen molar-refractivity contribution in [3.8, 4) is 0 Å². The van der Waals surface area contributed by atoms with Crippen LogP contribution in [0.15, 0.2) is 24.3 Å². The quantitative estimate of drug-likeness (QED) is 0.830. The van der Waals surface area contributed by atoms with Crippen LogP contribution in [0.3, 0.4) is 0 Å². The van der Waals surface area contributed by atoms with Crippen molar-refractivity contribution in [3.05, 3.63) is 34.9 Å². The number of halogens is 1. The van der Waals surface area contributed by atoms with E-state index in [4.69, 9.17) is 23.1 Å². The highest BCUT2D eigenvalue weighted by molar-refractivity contribution is 6.30. The molecule has 0 saturated heterocycles. The zero-order valence-corrected chi connectivity index (χ0v) is 10.0. The zero-order chi connectivity index (χ0) is 11.4. The van der Waals surface area contributed by atoms with Gasteiger partial charge in [-0.2, -0.15) is 0 Å². The van der Waals surface area contributed by atoms with Crippen LogP contribution in [0.25, 0.3) is 0 Å². The zero-order valence-electron chi connectivity index (χ0n) is 9.28. The molecule has 0 spiro atoms. The second-order valence-electron chi connectivity index (χ2n) is 4.37. The van der Waals surface area contributed by atoms with Crippen molar-refractivity contribution < 1.29 is 0 Å². The second kappa shape index (κ2) is 5.50. The molecule has 0 aliphatic rings. The number of benzene rings is 1. The molecule has 2 nitrogen and oxygen atoms in total.